The molecule has 0 aliphatic heterocycles. The number of aromatic nitrogens is 1. The SMILES string of the molecule is Cc1ccc(-n2c(C)cc(/C=N\NC(=O)CCSc3ccc(Cl)cc3)c2C)c(C)c1. The fourth-order valence-electron chi connectivity index (χ4n) is 3.37. The Morgan fingerprint density at radius 2 is 1.83 bits per heavy atom. The first kappa shape index (κ1) is 22.2. The van der Waals surface area contributed by atoms with Gasteiger partial charge in [0.15, 0.2) is 0 Å². The van der Waals surface area contributed by atoms with Crippen LogP contribution in [0, 0.1) is 27.7 Å². The number of benzene rings is 2. The fourth-order valence-corrected chi connectivity index (χ4v) is 4.35. The molecule has 1 N–H and O–H groups in total. The van der Waals surface area contributed by atoms with Crippen LogP contribution >= 0.6 is 23.4 Å². The van der Waals surface area contributed by atoms with E-state index in [9.17, 15) is 4.79 Å². The molecule has 0 saturated carbocycles. The molecule has 0 aliphatic carbocycles. The van der Waals surface area contributed by atoms with Gasteiger partial charge in [-0.1, -0.05) is 29.3 Å². The number of halogens is 1. The number of hydrogen-bond donors (Lipinski definition) is 1. The summed E-state index contributed by atoms with van der Waals surface area (Å²) in [6.07, 6.45) is 2.11. The van der Waals surface area contributed by atoms with E-state index in [2.05, 4.69) is 67.1 Å². The average molecular weight is 440 g/mol. The van der Waals surface area contributed by atoms with E-state index in [-0.39, 0.29) is 5.91 Å². The van der Waals surface area contributed by atoms with Crippen molar-refractivity contribution >= 4 is 35.5 Å². The predicted octanol–water partition coefficient (Wildman–Crippen LogP) is 6.00. The van der Waals surface area contributed by atoms with Gasteiger partial charge in [0.25, 0.3) is 0 Å². The van der Waals surface area contributed by atoms with E-state index in [0.29, 0.717) is 17.2 Å². The standard InChI is InChI=1S/C24H26ClN3OS/c1-16-5-10-23(17(2)13-16)28-18(3)14-20(19(28)4)15-26-27-24(29)11-12-30-22-8-6-21(25)7-9-22/h5-10,13-15H,11-12H2,1-4H3,(H,27,29)/b26-15-. The van der Waals surface area contributed by atoms with Gasteiger partial charge < -0.3 is 4.57 Å². The molecule has 0 atom stereocenters. The molecule has 0 unspecified atom stereocenters. The summed E-state index contributed by atoms with van der Waals surface area (Å²) in [5, 5.41) is 4.87. The molecule has 0 radical (unpaired) electrons. The van der Waals surface area contributed by atoms with Gasteiger partial charge in [-0.15, -0.1) is 11.8 Å². The molecule has 0 saturated heterocycles. The lowest BCUT2D eigenvalue weighted by molar-refractivity contribution is -0.120. The summed E-state index contributed by atoms with van der Waals surface area (Å²) in [4.78, 5) is 13.2. The van der Waals surface area contributed by atoms with Crippen LogP contribution in [0.5, 0.6) is 0 Å². The summed E-state index contributed by atoms with van der Waals surface area (Å²) >= 11 is 7.50. The molecule has 3 rings (SSSR count). The number of carbonyl (C=O) groups excluding carboxylic acids is 1. The summed E-state index contributed by atoms with van der Waals surface area (Å²) < 4.78 is 2.22. The highest BCUT2D eigenvalue weighted by Crippen LogP contribution is 2.23. The minimum atomic E-state index is -0.101. The lowest BCUT2D eigenvalue weighted by Gasteiger charge is -2.13. The third-order valence-corrected chi connectivity index (χ3v) is 6.13. The van der Waals surface area contributed by atoms with Crippen molar-refractivity contribution in [1.82, 2.24) is 9.99 Å². The molecular weight excluding hydrogens is 414 g/mol. The maximum Gasteiger partial charge on any atom is 0.240 e. The Balaban J connectivity index is 1.58. The number of nitrogens with one attached hydrogen (secondary N) is 1. The second-order valence-corrected chi connectivity index (χ2v) is 8.90. The first-order valence-electron chi connectivity index (χ1n) is 9.82. The zero-order valence-corrected chi connectivity index (χ0v) is 19.3. The molecule has 6 heteroatoms. The minimum absolute atomic E-state index is 0.101. The highest BCUT2D eigenvalue weighted by molar-refractivity contribution is 7.99. The summed E-state index contributed by atoms with van der Waals surface area (Å²) in [5.41, 5.74) is 9.48. The van der Waals surface area contributed by atoms with Crippen molar-refractivity contribution in [1.29, 1.82) is 0 Å². The molecule has 1 heterocycles. The monoisotopic (exact) mass is 439 g/mol. The smallest absolute Gasteiger partial charge is 0.240 e. The van der Waals surface area contributed by atoms with Gasteiger partial charge in [-0.05, 0) is 69.7 Å². The van der Waals surface area contributed by atoms with Crippen LogP contribution in [0.1, 0.15) is 34.5 Å². The van der Waals surface area contributed by atoms with Crippen LogP contribution < -0.4 is 5.43 Å². The Bertz CT molecular complexity index is 1070. The Hall–Kier alpha value is -2.50. The van der Waals surface area contributed by atoms with Gasteiger partial charge in [0.2, 0.25) is 5.91 Å². The van der Waals surface area contributed by atoms with Crippen molar-refractivity contribution < 1.29 is 4.79 Å². The molecule has 0 fully saturated rings. The van der Waals surface area contributed by atoms with Gasteiger partial charge in [0.1, 0.15) is 0 Å². The number of thioether (sulfide) groups is 1. The Kier molecular flexibility index (Phi) is 7.40. The van der Waals surface area contributed by atoms with Gasteiger partial charge in [0.05, 0.1) is 6.21 Å². The molecular formula is C24H26ClN3OS. The molecule has 0 aliphatic rings. The number of aryl methyl sites for hydroxylation is 3. The van der Waals surface area contributed by atoms with Crippen LogP contribution in [0.15, 0.2) is 58.5 Å². The highest BCUT2D eigenvalue weighted by atomic mass is 35.5. The first-order chi connectivity index (χ1) is 14.3. The molecule has 0 bridgehead atoms. The summed E-state index contributed by atoms with van der Waals surface area (Å²) in [5.74, 6) is 0.584. The average Bonchev–Trinajstić information content (AvgIpc) is 2.97. The fraction of sp³-hybridized carbons (Fsp3) is 0.250. The zero-order chi connectivity index (χ0) is 21.7. The maximum atomic E-state index is 12.1. The van der Waals surface area contributed by atoms with Crippen molar-refractivity contribution in [3.05, 3.63) is 81.6 Å². The van der Waals surface area contributed by atoms with E-state index in [1.807, 2.05) is 24.3 Å². The van der Waals surface area contributed by atoms with Gasteiger partial charge >= 0.3 is 0 Å². The van der Waals surface area contributed by atoms with Crippen LogP contribution in [-0.2, 0) is 4.79 Å². The van der Waals surface area contributed by atoms with Gasteiger partial charge in [-0.3, -0.25) is 4.79 Å². The molecule has 0 spiro atoms. The van der Waals surface area contributed by atoms with Crippen molar-refractivity contribution in [2.45, 2.75) is 39.0 Å². The van der Waals surface area contributed by atoms with Gasteiger partial charge in [-0.2, -0.15) is 5.10 Å². The first-order valence-corrected chi connectivity index (χ1v) is 11.2. The minimum Gasteiger partial charge on any atom is -0.318 e. The van der Waals surface area contributed by atoms with E-state index < -0.39 is 0 Å². The number of nitrogens with zero attached hydrogens (tertiary/aromatic N) is 2. The predicted molar refractivity (Wildman–Crippen MR) is 127 cm³/mol. The number of amides is 1. The van der Waals surface area contributed by atoms with E-state index >= 15 is 0 Å². The van der Waals surface area contributed by atoms with Crippen molar-refractivity contribution in [2.75, 3.05) is 5.75 Å². The molecule has 4 nitrogen and oxygen atoms in total. The van der Waals surface area contributed by atoms with Crippen LogP contribution in [0.4, 0.5) is 0 Å². The lowest BCUT2D eigenvalue weighted by atomic mass is 10.1. The largest absolute Gasteiger partial charge is 0.318 e. The summed E-state index contributed by atoms with van der Waals surface area (Å²) in [6, 6.07) is 16.1. The number of hydrogen-bond acceptors (Lipinski definition) is 3. The molecule has 3 aromatic rings. The van der Waals surface area contributed by atoms with Crippen LogP contribution in [0.25, 0.3) is 5.69 Å². The third kappa shape index (κ3) is 5.55. The molecule has 156 valence electrons. The van der Waals surface area contributed by atoms with Crippen LogP contribution in [0.2, 0.25) is 5.02 Å². The third-order valence-electron chi connectivity index (χ3n) is 4.87. The summed E-state index contributed by atoms with van der Waals surface area (Å²) in [7, 11) is 0. The van der Waals surface area contributed by atoms with E-state index in [0.717, 1.165) is 21.8 Å². The topological polar surface area (TPSA) is 46.4 Å². The Morgan fingerprint density at radius 1 is 1.10 bits per heavy atom. The van der Waals surface area contributed by atoms with Crippen LogP contribution in [-0.4, -0.2) is 22.4 Å². The maximum absolute atomic E-state index is 12.1. The second-order valence-electron chi connectivity index (χ2n) is 7.30. The summed E-state index contributed by atoms with van der Waals surface area (Å²) in [6.45, 7) is 8.37. The molecule has 30 heavy (non-hydrogen) atoms. The van der Waals surface area contributed by atoms with Crippen molar-refractivity contribution in [3.63, 3.8) is 0 Å². The van der Waals surface area contributed by atoms with Crippen molar-refractivity contribution in [3.8, 4) is 5.69 Å². The number of rotatable bonds is 7. The zero-order valence-electron chi connectivity index (χ0n) is 17.7. The molecule has 1 amide bonds. The van der Waals surface area contributed by atoms with Gasteiger partial charge in [0, 0.05) is 44.7 Å². The lowest BCUT2D eigenvalue weighted by Crippen LogP contribution is -2.17. The van der Waals surface area contributed by atoms with E-state index in [1.165, 1.54) is 16.8 Å². The highest BCUT2D eigenvalue weighted by Gasteiger charge is 2.11. The normalized spacial score (nSPS) is 11.2. The Labute approximate surface area is 187 Å². The van der Waals surface area contributed by atoms with Gasteiger partial charge in [-0.25, -0.2) is 5.43 Å². The molecule has 2 aromatic carbocycles. The Morgan fingerprint density at radius 3 is 2.53 bits per heavy atom. The second kappa shape index (κ2) is 10.0. The van der Waals surface area contributed by atoms with Crippen molar-refractivity contribution in [2.24, 2.45) is 5.10 Å². The molecule has 1 aromatic heterocycles. The number of hydrazone groups is 1. The quantitative estimate of drug-likeness (QED) is 0.279. The number of carbonyl (C=O) groups is 1. The van der Waals surface area contributed by atoms with E-state index in [4.69, 9.17) is 11.6 Å². The van der Waals surface area contributed by atoms with E-state index in [1.54, 1.807) is 18.0 Å². The van der Waals surface area contributed by atoms with Crippen LogP contribution in [0.3, 0.4) is 0 Å².